The Labute approximate surface area is 115 Å². The topological polar surface area (TPSA) is 95.5 Å². The molecule has 0 fully saturated rings. The summed E-state index contributed by atoms with van der Waals surface area (Å²) in [5, 5.41) is 19.0. The molecule has 19 heavy (non-hydrogen) atoms. The fourth-order valence-corrected chi connectivity index (χ4v) is 2.45. The molecule has 8 heteroatoms. The summed E-state index contributed by atoms with van der Waals surface area (Å²) in [6.07, 6.45) is 1.13. The number of hydrogen-bond acceptors (Lipinski definition) is 5. The van der Waals surface area contributed by atoms with E-state index in [1.165, 1.54) is 21.8 Å². The van der Waals surface area contributed by atoms with Crippen LogP contribution >= 0.6 is 22.9 Å². The second-order valence-corrected chi connectivity index (χ2v) is 4.58. The lowest BCUT2D eigenvalue weighted by molar-refractivity contribution is -0.132. The normalized spacial score (nSPS) is 11.5. The van der Waals surface area contributed by atoms with Crippen LogP contribution in [-0.4, -0.2) is 20.5 Å². The maximum absolute atomic E-state index is 11.9. The number of aromatic nitrogens is 2. The molecule has 0 saturated heterocycles. The third-order valence-electron chi connectivity index (χ3n) is 2.26. The third kappa shape index (κ3) is 2.50. The average Bonchev–Trinajstić information content (AvgIpc) is 2.78. The number of aliphatic carboxylic acids is 1. The third-order valence-corrected chi connectivity index (χ3v) is 3.38. The molecule has 2 aromatic heterocycles. The number of thiazole rings is 1. The van der Waals surface area contributed by atoms with Crippen molar-refractivity contribution < 1.29 is 9.90 Å². The summed E-state index contributed by atoms with van der Waals surface area (Å²) in [4.78, 5) is 27.2. The molecular weight excluding hydrogens is 290 g/mol. The van der Waals surface area contributed by atoms with Gasteiger partial charge in [0, 0.05) is 11.4 Å². The first kappa shape index (κ1) is 13.3. The van der Waals surface area contributed by atoms with Crippen LogP contribution in [0.3, 0.4) is 0 Å². The first-order valence-corrected chi connectivity index (χ1v) is 6.39. The summed E-state index contributed by atoms with van der Waals surface area (Å²) in [5.41, 5.74) is -0.0655. The van der Waals surface area contributed by atoms with E-state index in [0.29, 0.717) is 16.3 Å². The van der Waals surface area contributed by atoms with Crippen molar-refractivity contribution in [3.05, 3.63) is 38.8 Å². The Bertz CT molecular complexity index is 785. The van der Waals surface area contributed by atoms with Crippen LogP contribution in [0.15, 0.2) is 21.8 Å². The van der Waals surface area contributed by atoms with E-state index in [-0.39, 0.29) is 11.4 Å². The van der Waals surface area contributed by atoms with Gasteiger partial charge in [0.1, 0.15) is 11.6 Å². The monoisotopic (exact) mass is 295 g/mol. The number of carboxylic acids is 1. The molecule has 2 rings (SSSR count). The first-order chi connectivity index (χ1) is 9.06. The predicted octanol–water partition coefficient (Wildman–Crippen LogP) is 1.49. The van der Waals surface area contributed by atoms with Crippen molar-refractivity contribution in [2.24, 2.45) is 0 Å². The zero-order chi connectivity index (χ0) is 14.0. The van der Waals surface area contributed by atoms with E-state index in [2.05, 4.69) is 4.98 Å². The van der Waals surface area contributed by atoms with E-state index in [9.17, 15) is 9.59 Å². The zero-order valence-corrected chi connectivity index (χ0v) is 10.9. The number of nitrogens with zero attached hydrogens (tertiary/aromatic N) is 3. The lowest BCUT2D eigenvalue weighted by Gasteiger charge is -1.98. The molecule has 0 saturated carbocycles. The lowest BCUT2D eigenvalue weighted by atomic mass is 10.2. The van der Waals surface area contributed by atoms with Gasteiger partial charge in [0.15, 0.2) is 4.96 Å². The summed E-state index contributed by atoms with van der Waals surface area (Å²) in [7, 11) is 0. The number of carboxylic acid groups (broad SMARTS) is 1. The quantitative estimate of drug-likeness (QED) is 0.526. The van der Waals surface area contributed by atoms with Crippen LogP contribution in [0.5, 0.6) is 0 Å². The fourth-order valence-electron chi connectivity index (χ4n) is 1.45. The van der Waals surface area contributed by atoms with Gasteiger partial charge in [-0.3, -0.25) is 9.20 Å². The summed E-state index contributed by atoms with van der Waals surface area (Å²) < 4.78 is 1.24. The van der Waals surface area contributed by atoms with Crippen LogP contribution in [0, 0.1) is 11.3 Å². The molecule has 0 spiro atoms. The molecule has 0 amide bonds. The Balaban J connectivity index is 2.68. The highest BCUT2D eigenvalue weighted by molar-refractivity contribution is 7.15. The molecule has 0 bridgehead atoms. The van der Waals surface area contributed by atoms with Gasteiger partial charge in [-0.2, -0.15) is 5.26 Å². The van der Waals surface area contributed by atoms with Gasteiger partial charge in [0.05, 0.1) is 17.3 Å². The second kappa shape index (κ2) is 5.22. The SMILES string of the molecule is N#CC(=Cc1csc2nc(CCl)cc(=O)n12)C(=O)O. The van der Waals surface area contributed by atoms with Crippen LogP contribution in [0.2, 0.25) is 0 Å². The van der Waals surface area contributed by atoms with Gasteiger partial charge < -0.3 is 5.11 Å². The number of halogens is 1. The molecule has 0 aliphatic heterocycles. The Morgan fingerprint density at radius 3 is 3.00 bits per heavy atom. The van der Waals surface area contributed by atoms with Crippen LogP contribution in [0.25, 0.3) is 11.0 Å². The minimum absolute atomic E-state index is 0.118. The Kier molecular flexibility index (Phi) is 3.64. The van der Waals surface area contributed by atoms with E-state index in [1.807, 2.05) is 0 Å². The largest absolute Gasteiger partial charge is 0.477 e. The maximum atomic E-state index is 11.9. The molecular formula is C11H6ClN3O3S. The maximum Gasteiger partial charge on any atom is 0.346 e. The van der Waals surface area contributed by atoms with E-state index in [0.717, 1.165) is 6.08 Å². The van der Waals surface area contributed by atoms with Gasteiger partial charge in [-0.1, -0.05) is 0 Å². The molecule has 2 heterocycles. The van der Waals surface area contributed by atoms with Crippen LogP contribution < -0.4 is 5.56 Å². The van der Waals surface area contributed by atoms with Gasteiger partial charge in [-0.05, 0) is 6.08 Å². The van der Waals surface area contributed by atoms with Gasteiger partial charge in [0.25, 0.3) is 5.56 Å². The van der Waals surface area contributed by atoms with Crippen LogP contribution in [-0.2, 0) is 10.7 Å². The number of rotatable bonds is 3. The molecule has 1 N–H and O–H groups in total. The minimum Gasteiger partial charge on any atom is -0.477 e. The van der Waals surface area contributed by atoms with Crippen molar-refractivity contribution >= 4 is 39.9 Å². The molecule has 0 aliphatic carbocycles. The van der Waals surface area contributed by atoms with Crippen LogP contribution in [0.4, 0.5) is 0 Å². The zero-order valence-electron chi connectivity index (χ0n) is 9.33. The predicted molar refractivity (Wildman–Crippen MR) is 70.1 cm³/mol. The molecule has 0 aromatic carbocycles. The van der Waals surface area contributed by atoms with E-state index >= 15 is 0 Å². The Hall–Kier alpha value is -2.17. The highest BCUT2D eigenvalue weighted by Gasteiger charge is 2.11. The van der Waals surface area contributed by atoms with E-state index in [1.54, 1.807) is 11.4 Å². The van der Waals surface area contributed by atoms with Gasteiger partial charge in [-0.15, -0.1) is 22.9 Å². The average molecular weight is 296 g/mol. The van der Waals surface area contributed by atoms with Crippen molar-refractivity contribution in [1.82, 2.24) is 9.38 Å². The lowest BCUT2D eigenvalue weighted by Crippen LogP contribution is -2.15. The number of hydrogen-bond donors (Lipinski definition) is 1. The number of carbonyl (C=O) groups is 1. The summed E-state index contributed by atoms with van der Waals surface area (Å²) >= 11 is 6.78. The smallest absolute Gasteiger partial charge is 0.346 e. The van der Waals surface area contributed by atoms with Crippen molar-refractivity contribution in [2.45, 2.75) is 5.88 Å². The van der Waals surface area contributed by atoms with Crippen molar-refractivity contribution in [2.75, 3.05) is 0 Å². The number of nitriles is 1. The minimum atomic E-state index is -1.35. The Morgan fingerprint density at radius 2 is 2.42 bits per heavy atom. The standard InChI is InChI=1S/C11H6ClN3O3S/c12-3-7-2-9(16)15-8(5-19-11(15)14-7)1-6(4-13)10(17)18/h1-2,5H,3H2,(H,17,18). The van der Waals surface area contributed by atoms with Crippen molar-refractivity contribution in [3.63, 3.8) is 0 Å². The van der Waals surface area contributed by atoms with Crippen molar-refractivity contribution in [3.8, 4) is 6.07 Å². The molecule has 0 unspecified atom stereocenters. The van der Waals surface area contributed by atoms with Gasteiger partial charge in [-0.25, -0.2) is 9.78 Å². The molecule has 0 radical (unpaired) electrons. The number of alkyl halides is 1. The second-order valence-electron chi connectivity index (χ2n) is 3.47. The number of fused-ring (bicyclic) bond motifs is 1. The molecule has 96 valence electrons. The van der Waals surface area contributed by atoms with Gasteiger partial charge in [0.2, 0.25) is 0 Å². The first-order valence-electron chi connectivity index (χ1n) is 4.98. The molecule has 2 aromatic rings. The molecule has 6 nitrogen and oxygen atoms in total. The highest BCUT2D eigenvalue weighted by Crippen LogP contribution is 2.16. The van der Waals surface area contributed by atoms with Crippen molar-refractivity contribution in [1.29, 1.82) is 5.26 Å². The van der Waals surface area contributed by atoms with E-state index < -0.39 is 11.5 Å². The summed E-state index contributed by atoms with van der Waals surface area (Å²) in [6, 6.07) is 2.83. The van der Waals surface area contributed by atoms with E-state index in [4.69, 9.17) is 22.0 Å². The molecule has 0 aliphatic rings. The van der Waals surface area contributed by atoms with Crippen LogP contribution in [0.1, 0.15) is 11.4 Å². The fraction of sp³-hybridized carbons (Fsp3) is 0.0909. The molecule has 0 atom stereocenters. The summed E-state index contributed by atoms with van der Waals surface area (Å²) in [6.45, 7) is 0. The highest BCUT2D eigenvalue weighted by atomic mass is 35.5. The Morgan fingerprint density at radius 1 is 1.68 bits per heavy atom. The van der Waals surface area contributed by atoms with Gasteiger partial charge >= 0.3 is 5.97 Å². The summed E-state index contributed by atoms with van der Waals surface area (Å²) in [5.74, 6) is -1.23.